The largest absolute Gasteiger partial charge is 0.389 e. The van der Waals surface area contributed by atoms with Crippen LogP contribution in [-0.2, 0) is 0 Å². The Morgan fingerprint density at radius 1 is 0.708 bits per heavy atom. The van der Waals surface area contributed by atoms with Crippen molar-refractivity contribution in [3.63, 3.8) is 0 Å². The summed E-state index contributed by atoms with van der Waals surface area (Å²) in [7, 11) is 0. The maximum atomic E-state index is 11.2. The molecule has 2 heterocycles. The lowest BCUT2D eigenvalue weighted by Gasteiger charge is -2.37. The summed E-state index contributed by atoms with van der Waals surface area (Å²) in [5, 5.41) is 11.2. The number of anilines is 2. The summed E-state index contributed by atoms with van der Waals surface area (Å²) in [6.45, 7) is 2.09. The van der Waals surface area contributed by atoms with E-state index < -0.39 is 0 Å². The number of hydrogen-bond donors (Lipinski definition) is 1. The van der Waals surface area contributed by atoms with Gasteiger partial charge in [-0.25, -0.2) is 0 Å². The maximum absolute atomic E-state index is 11.2. The predicted octanol–water partition coefficient (Wildman–Crippen LogP) is 3.69. The fraction of sp³-hybridized carbons (Fsp3) is 0.429. The van der Waals surface area contributed by atoms with Crippen molar-refractivity contribution in [1.29, 1.82) is 0 Å². The highest BCUT2D eigenvalue weighted by atomic mass is 16.3. The second kappa shape index (κ2) is 6.86. The van der Waals surface area contributed by atoms with E-state index in [0.717, 1.165) is 38.8 Å². The molecule has 0 radical (unpaired) electrons. The summed E-state index contributed by atoms with van der Waals surface area (Å²) in [6.07, 6.45) is 4.17. The van der Waals surface area contributed by atoms with Crippen LogP contribution in [0.2, 0.25) is 0 Å². The van der Waals surface area contributed by atoms with Crippen molar-refractivity contribution in [3.8, 4) is 0 Å². The number of hydrogen-bond acceptors (Lipinski definition) is 3. The molecule has 3 heteroatoms. The molecule has 0 amide bonds. The third-order valence-electron chi connectivity index (χ3n) is 5.56. The van der Waals surface area contributed by atoms with Gasteiger partial charge in [0.1, 0.15) is 0 Å². The van der Waals surface area contributed by atoms with Crippen LogP contribution in [0.5, 0.6) is 0 Å². The molecule has 2 unspecified atom stereocenters. The van der Waals surface area contributed by atoms with Crippen molar-refractivity contribution in [3.05, 3.63) is 60.7 Å². The zero-order valence-corrected chi connectivity index (χ0v) is 14.1. The summed E-state index contributed by atoms with van der Waals surface area (Å²) >= 11 is 0. The number of aliphatic hydroxyl groups is 1. The monoisotopic (exact) mass is 322 g/mol. The number of nitrogens with zero attached hydrogens (tertiary/aromatic N) is 2. The van der Waals surface area contributed by atoms with Crippen LogP contribution in [0.3, 0.4) is 0 Å². The van der Waals surface area contributed by atoms with Gasteiger partial charge in [-0.2, -0.15) is 0 Å². The second-order valence-corrected chi connectivity index (χ2v) is 6.97. The van der Waals surface area contributed by atoms with Crippen LogP contribution in [0.25, 0.3) is 0 Å². The minimum absolute atomic E-state index is 0.224. The van der Waals surface area contributed by atoms with E-state index in [0.29, 0.717) is 0 Å². The summed E-state index contributed by atoms with van der Waals surface area (Å²) in [6, 6.07) is 21.5. The summed E-state index contributed by atoms with van der Waals surface area (Å²) in [5.41, 5.74) is 2.48. The van der Waals surface area contributed by atoms with Gasteiger partial charge < -0.3 is 14.9 Å². The zero-order valence-electron chi connectivity index (χ0n) is 14.1. The molecule has 0 aromatic heterocycles. The standard InChI is InChI=1S/C21H26N2O/c24-21(19-13-7-15-22(19)17-9-3-1-4-10-17)20-14-8-16-23(20)18-11-5-2-6-12-18/h1-6,9-12,19-21,24H,7-8,13-16H2. The Hall–Kier alpha value is -2.00. The van der Waals surface area contributed by atoms with E-state index in [2.05, 4.69) is 70.5 Å². The molecule has 1 N–H and O–H groups in total. The SMILES string of the molecule is OC(C1CCCN1c1ccccc1)C1CCCN1c1ccccc1. The number of para-hydroxylation sites is 2. The van der Waals surface area contributed by atoms with Gasteiger partial charge in [-0.15, -0.1) is 0 Å². The van der Waals surface area contributed by atoms with Crippen molar-refractivity contribution in [2.45, 2.75) is 43.9 Å². The first kappa shape index (κ1) is 15.5. The lowest BCUT2D eigenvalue weighted by Crippen LogP contribution is -2.50. The van der Waals surface area contributed by atoms with Crippen LogP contribution in [0.1, 0.15) is 25.7 Å². The van der Waals surface area contributed by atoms with Gasteiger partial charge in [0, 0.05) is 24.5 Å². The highest BCUT2D eigenvalue weighted by molar-refractivity contribution is 5.51. The Morgan fingerprint density at radius 2 is 1.12 bits per heavy atom. The number of aliphatic hydroxyl groups excluding tert-OH is 1. The average Bonchev–Trinajstić information content (AvgIpc) is 3.32. The smallest absolute Gasteiger partial charge is 0.0945 e. The van der Waals surface area contributed by atoms with E-state index in [4.69, 9.17) is 0 Å². The normalized spacial score (nSPS) is 25.2. The topological polar surface area (TPSA) is 26.7 Å². The summed E-state index contributed by atoms with van der Waals surface area (Å²) in [5.74, 6) is 0. The van der Waals surface area contributed by atoms with E-state index in [1.165, 1.54) is 11.4 Å². The van der Waals surface area contributed by atoms with Crippen LogP contribution < -0.4 is 9.80 Å². The minimum atomic E-state index is -0.310. The Bertz CT molecular complexity index is 588. The second-order valence-electron chi connectivity index (χ2n) is 6.97. The molecule has 0 bridgehead atoms. The zero-order chi connectivity index (χ0) is 16.4. The van der Waals surface area contributed by atoms with Crippen LogP contribution >= 0.6 is 0 Å². The fourth-order valence-corrected chi connectivity index (χ4v) is 4.43. The Morgan fingerprint density at radius 3 is 1.54 bits per heavy atom. The van der Waals surface area contributed by atoms with E-state index in [1.807, 2.05) is 0 Å². The Labute approximate surface area is 144 Å². The molecule has 2 aliphatic rings. The Balaban J connectivity index is 1.55. The molecule has 0 spiro atoms. The molecule has 2 aromatic carbocycles. The molecule has 2 saturated heterocycles. The summed E-state index contributed by atoms with van der Waals surface area (Å²) in [4.78, 5) is 4.82. The van der Waals surface area contributed by atoms with Crippen molar-refractivity contribution < 1.29 is 5.11 Å². The van der Waals surface area contributed by atoms with Gasteiger partial charge in [0.15, 0.2) is 0 Å². The van der Waals surface area contributed by atoms with Gasteiger partial charge in [0.2, 0.25) is 0 Å². The average molecular weight is 322 g/mol. The predicted molar refractivity (Wildman–Crippen MR) is 99.6 cm³/mol. The van der Waals surface area contributed by atoms with Crippen molar-refractivity contribution in [2.24, 2.45) is 0 Å². The van der Waals surface area contributed by atoms with Gasteiger partial charge in [0.25, 0.3) is 0 Å². The third kappa shape index (κ3) is 2.89. The number of benzene rings is 2. The van der Waals surface area contributed by atoms with E-state index >= 15 is 0 Å². The molecule has 2 aromatic rings. The van der Waals surface area contributed by atoms with Crippen LogP contribution in [0.15, 0.2) is 60.7 Å². The molecule has 2 fully saturated rings. The molecule has 4 rings (SSSR count). The molecule has 0 aliphatic carbocycles. The molecule has 24 heavy (non-hydrogen) atoms. The summed E-state index contributed by atoms with van der Waals surface area (Å²) < 4.78 is 0. The van der Waals surface area contributed by atoms with Gasteiger partial charge in [0.05, 0.1) is 18.2 Å². The van der Waals surface area contributed by atoms with Crippen molar-refractivity contribution >= 4 is 11.4 Å². The van der Waals surface area contributed by atoms with E-state index in [1.54, 1.807) is 0 Å². The van der Waals surface area contributed by atoms with Crippen LogP contribution in [-0.4, -0.2) is 36.4 Å². The highest BCUT2D eigenvalue weighted by Crippen LogP contribution is 2.34. The molecule has 2 atom stereocenters. The maximum Gasteiger partial charge on any atom is 0.0945 e. The molecule has 2 aliphatic heterocycles. The van der Waals surface area contributed by atoms with Gasteiger partial charge in [-0.3, -0.25) is 0 Å². The number of rotatable bonds is 4. The molecule has 3 nitrogen and oxygen atoms in total. The molecule has 126 valence electrons. The van der Waals surface area contributed by atoms with Gasteiger partial charge >= 0.3 is 0 Å². The lowest BCUT2D eigenvalue weighted by atomic mass is 9.98. The fourth-order valence-electron chi connectivity index (χ4n) is 4.43. The molecule has 0 saturated carbocycles. The van der Waals surface area contributed by atoms with E-state index in [9.17, 15) is 5.11 Å². The third-order valence-corrected chi connectivity index (χ3v) is 5.56. The van der Waals surface area contributed by atoms with E-state index in [-0.39, 0.29) is 18.2 Å². The van der Waals surface area contributed by atoms with Crippen LogP contribution in [0, 0.1) is 0 Å². The minimum Gasteiger partial charge on any atom is -0.389 e. The van der Waals surface area contributed by atoms with Gasteiger partial charge in [-0.1, -0.05) is 36.4 Å². The van der Waals surface area contributed by atoms with Gasteiger partial charge in [-0.05, 0) is 49.9 Å². The van der Waals surface area contributed by atoms with Crippen LogP contribution in [0.4, 0.5) is 11.4 Å². The van der Waals surface area contributed by atoms with Crippen molar-refractivity contribution in [2.75, 3.05) is 22.9 Å². The first-order valence-corrected chi connectivity index (χ1v) is 9.16. The molecular weight excluding hydrogens is 296 g/mol. The lowest BCUT2D eigenvalue weighted by molar-refractivity contribution is 0.118. The first-order valence-electron chi connectivity index (χ1n) is 9.16. The Kier molecular flexibility index (Phi) is 4.44. The first-order chi connectivity index (χ1) is 11.8. The quantitative estimate of drug-likeness (QED) is 0.930. The molecular formula is C21H26N2O. The van der Waals surface area contributed by atoms with Crippen molar-refractivity contribution in [1.82, 2.24) is 0 Å². The highest BCUT2D eigenvalue weighted by Gasteiger charge is 2.39.